The Labute approximate surface area is 130 Å². The van der Waals surface area contributed by atoms with Crippen LogP contribution in [0.15, 0.2) is 34.9 Å². The second-order valence-corrected chi connectivity index (χ2v) is 5.30. The molecule has 0 unspecified atom stereocenters. The number of pyridine rings is 1. The molecule has 6 heteroatoms. The Bertz CT molecular complexity index is 623. The summed E-state index contributed by atoms with van der Waals surface area (Å²) in [7, 11) is 0. The summed E-state index contributed by atoms with van der Waals surface area (Å²) in [6.45, 7) is 3.23. The van der Waals surface area contributed by atoms with Crippen molar-refractivity contribution in [3.63, 3.8) is 0 Å². The Morgan fingerprint density at radius 1 is 1.29 bits per heavy atom. The van der Waals surface area contributed by atoms with Crippen LogP contribution in [0.3, 0.4) is 0 Å². The normalized spacial score (nSPS) is 10.7. The van der Waals surface area contributed by atoms with E-state index >= 15 is 0 Å². The molecule has 1 aromatic heterocycles. The summed E-state index contributed by atoms with van der Waals surface area (Å²) in [5, 5.41) is 3.11. The van der Waals surface area contributed by atoms with Crippen LogP contribution in [-0.2, 0) is 6.54 Å². The van der Waals surface area contributed by atoms with Gasteiger partial charge in [-0.05, 0) is 47.1 Å². The monoisotopic (exact) mass is 356 g/mol. The topological polar surface area (TPSA) is 34.2 Å². The molecule has 0 bridgehead atoms. The maximum absolute atomic E-state index is 14.2. The molecule has 0 aliphatic rings. The van der Waals surface area contributed by atoms with E-state index in [1.807, 2.05) is 6.92 Å². The Kier molecular flexibility index (Phi) is 5.64. The highest BCUT2D eigenvalue weighted by Crippen LogP contribution is 2.27. The summed E-state index contributed by atoms with van der Waals surface area (Å²) < 4.78 is 33.3. The molecule has 1 N–H and O–H groups in total. The number of nitrogens with one attached hydrogen (secondary N) is 1. The predicted octanol–water partition coefficient (Wildman–Crippen LogP) is 4.41. The van der Waals surface area contributed by atoms with Gasteiger partial charge in [0.25, 0.3) is 5.88 Å². The Balaban J connectivity index is 2.16. The molecule has 2 aromatic rings. The molecule has 1 aromatic carbocycles. The summed E-state index contributed by atoms with van der Waals surface area (Å²) in [4.78, 5) is 3.86. The van der Waals surface area contributed by atoms with Gasteiger partial charge in [-0.1, -0.05) is 6.92 Å². The van der Waals surface area contributed by atoms with Gasteiger partial charge in [0.15, 0.2) is 5.82 Å². The minimum absolute atomic E-state index is 0.160. The lowest BCUT2D eigenvalue weighted by atomic mass is 10.2. The molecule has 2 rings (SSSR count). The molecule has 112 valence electrons. The third-order valence-corrected chi connectivity index (χ3v) is 3.43. The fourth-order valence-corrected chi connectivity index (χ4v) is 1.97. The van der Waals surface area contributed by atoms with Gasteiger partial charge in [-0.2, -0.15) is 0 Å². The summed E-state index contributed by atoms with van der Waals surface area (Å²) in [6.07, 6.45) is 2.44. The molecule has 0 spiro atoms. The maximum Gasteiger partial charge on any atom is 0.256 e. The lowest BCUT2D eigenvalue weighted by Gasteiger charge is -2.09. The molecule has 1 heterocycles. The van der Waals surface area contributed by atoms with Gasteiger partial charge in [0.2, 0.25) is 0 Å². The van der Waals surface area contributed by atoms with Gasteiger partial charge in [-0.3, -0.25) is 0 Å². The molecule has 0 saturated carbocycles. The SMILES string of the molecule is CCCNCc1ccnc(Oc2ccc(Br)c(F)c2)c1F. The summed E-state index contributed by atoms with van der Waals surface area (Å²) in [5.41, 5.74) is 0.464. The van der Waals surface area contributed by atoms with Gasteiger partial charge in [0, 0.05) is 24.4 Å². The summed E-state index contributed by atoms with van der Waals surface area (Å²) >= 11 is 3.05. The van der Waals surface area contributed by atoms with Crippen molar-refractivity contribution in [3.05, 3.63) is 52.1 Å². The van der Waals surface area contributed by atoms with Crippen LogP contribution in [0.4, 0.5) is 8.78 Å². The van der Waals surface area contributed by atoms with Crippen LogP contribution in [0.5, 0.6) is 11.6 Å². The molecule has 0 aliphatic heterocycles. The van der Waals surface area contributed by atoms with Crippen molar-refractivity contribution in [2.24, 2.45) is 0 Å². The number of hydrogen-bond donors (Lipinski definition) is 1. The summed E-state index contributed by atoms with van der Waals surface area (Å²) in [6, 6.07) is 5.80. The van der Waals surface area contributed by atoms with E-state index in [1.54, 1.807) is 6.07 Å². The number of hydrogen-bond acceptors (Lipinski definition) is 3. The quantitative estimate of drug-likeness (QED) is 0.778. The molecule has 0 saturated heterocycles. The first-order valence-electron chi connectivity index (χ1n) is 6.58. The molecule has 0 radical (unpaired) electrons. The van der Waals surface area contributed by atoms with Gasteiger partial charge in [-0.15, -0.1) is 0 Å². The number of nitrogens with zero attached hydrogens (tertiary/aromatic N) is 1. The fraction of sp³-hybridized carbons (Fsp3) is 0.267. The highest BCUT2D eigenvalue weighted by molar-refractivity contribution is 9.10. The Hall–Kier alpha value is -1.53. The largest absolute Gasteiger partial charge is 0.436 e. The lowest BCUT2D eigenvalue weighted by Crippen LogP contribution is -2.15. The van der Waals surface area contributed by atoms with E-state index in [-0.39, 0.29) is 11.6 Å². The van der Waals surface area contributed by atoms with Crippen molar-refractivity contribution < 1.29 is 13.5 Å². The number of aromatic nitrogens is 1. The van der Waals surface area contributed by atoms with E-state index in [2.05, 4.69) is 26.2 Å². The molecular weight excluding hydrogens is 342 g/mol. The van der Waals surface area contributed by atoms with Gasteiger partial charge in [0.1, 0.15) is 11.6 Å². The second-order valence-electron chi connectivity index (χ2n) is 4.44. The van der Waals surface area contributed by atoms with Crippen LogP contribution in [0.2, 0.25) is 0 Å². The zero-order valence-corrected chi connectivity index (χ0v) is 13.1. The van der Waals surface area contributed by atoms with E-state index < -0.39 is 11.6 Å². The zero-order chi connectivity index (χ0) is 15.2. The molecule has 3 nitrogen and oxygen atoms in total. The fourth-order valence-electron chi connectivity index (χ4n) is 1.72. The molecule has 0 aliphatic carbocycles. The van der Waals surface area contributed by atoms with E-state index in [0.717, 1.165) is 13.0 Å². The van der Waals surface area contributed by atoms with Crippen molar-refractivity contribution in [1.29, 1.82) is 0 Å². The minimum atomic E-state index is -0.538. The van der Waals surface area contributed by atoms with E-state index in [0.29, 0.717) is 16.6 Å². The molecule has 0 fully saturated rings. The second kappa shape index (κ2) is 7.47. The number of halogens is 3. The standard InChI is InChI=1S/C15H15BrF2N2O/c1-2-6-19-9-10-5-7-20-15(14(10)18)21-11-3-4-12(16)13(17)8-11/h3-5,7-8,19H,2,6,9H2,1H3. The lowest BCUT2D eigenvalue weighted by molar-refractivity contribution is 0.414. The zero-order valence-electron chi connectivity index (χ0n) is 11.5. The van der Waals surface area contributed by atoms with Crippen LogP contribution >= 0.6 is 15.9 Å². The first kappa shape index (κ1) is 15.9. The average molecular weight is 357 g/mol. The average Bonchev–Trinajstić information content (AvgIpc) is 2.47. The van der Waals surface area contributed by atoms with E-state index in [4.69, 9.17) is 4.74 Å². The van der Waals surface area contributed by atoms with Gasteiger partial charge < -0.3 is 10.1 Å². The van der Waals surface area contributed by atoms with Crippen LogP contribution in [0.25, 0.3) is 0 Å². The third kappa shape index (κ3) is 4.22. The first-order chi connectivity index (χ1) is 10.1. The van der Waals surface area contributed by atoms with Crippen LogP contribution in [-0.4, -0.2) is 11.5 Å². The smallest absolute Gasteiger partial charge is 0.256 e. The van der Waals surface area contributed by atoms with Crippen LogP contribution in [0.1, 0.15) is 18.9 Å². The van der Waals surface area contributed by atoms with Gasteiger partial charge >= 0.3 is 0 Å². The Morgan fingerprint density at radius 3 is 2.81 bits per heavy atom. The molecular formula is C15H15BrF2N2O. The highest BCUT2D eigenvalue weighted by atomic mass is 79.9. The molecule has 0 atom stereocenters. The number of ether oxygens (including phenoxy) is 1. The number of benzene rings is 1. The maximum atomic E-state index is 14.2. The van der Waals surface area contributed by atoms with Gasteiger partial charge in [-0.25, -0.2) is 13.8 Å². The first-order valence-corrected chi connectivity index (χ1v) is 7.38. The Morgan fingerprint density at radius 2 is 2.10 bits per heavy atom. The third-order valence-electron chi connectivity index (χ3n) is 2.79. The van der Waals surface area contributed by atoms with Crippen molar-refractivity contribution in [2.45, 2.75) is 19.9 Å². The van der Waals surface area contributed by atoms with E-state index in [9.17, 15) is 8.78 Å². The van der Waals surface area contributed by atoms with Gasteiger partial charge in [0.05, 0.1) is 4.47 Å². The van der Waals surface area contributed by atoms with Crippen LogP contribution < -0.4 is 10.1 Å². The number of rotatable bonds is 6. The molecule has 0 amide bonds. The predicted molar refractivity (Wildman–Crippen MR) is 80.4 cm³/mol. The van der Waals surface area contributed by atoms with Crippen molar-refractivity contribution >= 4 is 15.9 Å². The van der Waals surface area contributed by atoms with Crippen molar-refractivity contribution in [1.82, 2.24) is 10.3 Å². The minimum Gasteiger partial charge on any atom is -0.436 e. The van der Waals surface area contributed by atoms with Crippen LogP contribution in [0, 0.1) is 11.6 Å². The van der Waals surface area contributed by atoms with Crippen molar-refractivity contribution in [2.75, 3.05) is 6.54 Å². The highest BCUT2D eigenvalue weighted by Gasteiger charge is 2.12. The molecule has 21 heavy (non-hydrogen) atoms. The summed E-state index contributed by atoms with van der Waals surface area (Å²) in [5.74, 6) is -0.980. The van der Waals surface area contributed by atoms with Crippen molar-refractivity contribution in [3.8, 4) is 11.6 Å². The van der Waals surface area contributed by atoms with E-state index in [1.165, 1.54) is 24.4 Å².